The van der Waals surface area contributed by atoms with Crippen molar-refractivity contribution >= 4 is 34.1 Å². The lowest BCUT2D eigenvalue weighted by atomic mass is 10.0. The number of thiazole rings is 1. The Kier molecular flexibility index (Phi) is 7.14. The number of ether oxygens (including phenoxy) is 1. The van der Waals surface area contributed by atoms with Gasteiger partial charge in [-0.05, 0) is 31.4 Å². The van der Waals surface area contributed by atoms with Gasteiger partial charge in [-0.3, -0.25) is 9.69 Å². The SMILES string of the molecule is CCOC(=O)c1nc(N(CCc2ccccc2)C(=O)C2=NOC(c3ccccc3)C2)sc1C. The second-order valence-corrected chi connectivity index (χ2v) is 8.74. The van der Waals surface area contributed by atoms with E-state index in [1.165, 1.54) is 11.3 Å². The van der Waals surface area contributed by atoms with Gasteiger partial charge in [0.2, 0.25) is 0 Å². The number of benzene rings is 2. The summed E-state index contributed by atoms with van der Waals surface area (Å²) in [5.74, 6) is -0.757. The maximum absolute atomic E-state index is 13.5. The number of aryl methyl sites for hydroxylation is 1. The van der Waals surface area contributed by atoms with Crippen LogP contribution in [0.4, 0.5) is 5.13 Å². The fraction of sp³-hybridized carbons (Fsp3) is 0.280. The first-order chi connectivity index (χ1) is 16.1. The summed E-state index contributed by atoms with van der Waals surface area (Å²) < 4.78 is 5.11. The van der Waals surface area contributed by atoms with Crippen LogP contribution >= 0.6 is 11.3 Å². The van der Waals surface area contributed by atoms with Gasteiger partial charge in [-0.2, -0.15) is 0 Å². The molecular weight excluding hydrogens is 438 g/mol. The van der Waals surface area contributed by atoms with Crippen molar-refractivity contribution in [1.29, 1.82) is 0 Å². The minimum atomic E-state index is -0.487. The number of anilines is 1. The first-order valence-electron chi connectivity index (χ1n) is 10.8. The molecule has 0 spiro atoms. The number of hydrogen-bond acceptors (Lipinski definition) is 7. The number of carbonyl (C=O) groups is 2. The molecule has 0 saturated heterocycles. The Morgan fingerprint density at radius 2 is 1.82 bits per heavy atom. The molecule has 0 aliphatic carbocycles. The molecule has 1 aliphatic heterocycles. The molecule has 8 heteroatoms. The molecule has 1 aromatic heterocycles. The number of carbonyl (C=O) groups excluding carboxylic acids is 2. The summed E-state index contributed by atoms with van der Waals surface area (Å²) in [5.41, 5.74) is 2.64. The standard InChI is InChI=1S/C25H25N3O4S/c1-3-31-24(30)22-17(2)33-25(26-22)28(15-14-18-10-6-4-7-11-18)23(29)20-16-21(32-27-20)19-12-8-5-9-13-19/h4-13,21H,3,14-16H2,1-2H3. The van der Waals surface area contributed by atoms with E-state index in [2.05, 4.69) is 10.1 Å². The molecule has 3 aromatic rings. The van der Waals surface area contributed by atoms with Gasteiger partial charge in [-0.15, -0.1) is 11.3 Å². The van der Waals surface area contributed by atoms with Crippen LogP contribution in [0.25, 0.3) is 0 Å². The van der Waals surface area contributed by atoms with Crippen LogP contribution in [0.3, 0.4) is 0 Å². The smallest absolute Gasteiger partial charge is 0.358 e. The zero-order valence-electron chi connectivity index (χ0n) is 18.6. The maximum atomic E-state index is 13.5. The van der Waals surface area contributed by atoms with Crippen LogP contribution in [0.5, 0.6) is 0 Å². The first-order valence-corrected chi connectivity index (χ1v) is 11.7. The molecule has 1 amide bonds. The van der Waals surface area contributed by atoms with Crippen molar-refractivity contribution in [3.05, 3.63) is 82.4 Å². The van der Waals surface area contributed by atoms with Crippen molar-refractivity contribution in [2.45, 2.75) is 32.8 Å². The number of rotatable bonds is 8. The topological polar surface area (TPSA) is 81.1 Å². The van der Waals surface area contributed by atoms with Crippen LogP contribution in [0.2, 0.25) is 0 Å². The van der Waals surface area contributed by atoms with Gasteiger partial charge in [0.1, 0.15) is 5.71 Å². The highest BCUT2D eigenvalue weighted by Crippen LogP contribution is 2.31. The van der Waals surface area contributed by atoms with Crippen LogP contribution in [-0.4, -0.2) is 35.7 Å². The number of esters is 1. The molecule has 1 aliphatic rings. The van der Waals surface area contributed by atoms with Gasteiger partial charge < -0.3 is 9.57 Å². The van der Waals surface area contributed by atoms with E-state index in [1.807, 2.05) is 60.7 Å². The third-order valence-electron chi connectivity index (χ3n) is 5.28. The van der Waals surface area contributed by atoms with Gasteiger partial charge in [0, 0.05) is 17.8 Å². The Balaban J connectivity index is 1.57. The molecule has 0 N–H and O–H groups in total. The van der Waals surface area contributed by atoms with Crippen LogP contribution in [-0.2, 0) is 20.8 Å². The predicted octanol–water partition coefficient (Wildman–Crippen LogP) is 4.72. The third kappa shape index (κ3) is 5.28. The Morgan fingerprint density at radius 1 is 1.12 bits per heavy atom. The van der Waals surface area contributed by atoms with Gasteiger partial charge in [0.05, 0.1) is 6.61 Å². The largest absolute Gasteiger partial charge is 0.461 e. The minimum absolute atomic E-state index is 0.237. The van der Waals surface area contributed by atoms with Crippen LogP contribution in [0, 0.1) is 6.92 Å². The highest BCUT2D eigenvalue weighted by Gasteiger charge is 2.32. The molecular formula is C25H25N3O4S. The molecule has 4 rings (SSSR count). The maximum Gasteiger partial charge on any atom is 0.358 e. The van der Waals surface area contributed by atoms with Crippen LogP contribution in [0.15, 0.2) is 65.8 Å². The fourth-order valence-electron chi connectivity index (χ4n) is 3.56. The minimum Gasteiger partial charge on any atom is -0.461 e. The number of oxime groups is 1. The fourth-order valence-corrected chi connectivity index (χ4v) is 4.48. The lowest BCUT2D eigenvalue weighted by Crippen LogP contribution is -2.38. The summed E-state index contributed by atoms with van der Waals surface area (Å²) >= 11 is 1.29. The van der Waals surface area contributed by atoms with Crippen molar-refractivity contribution in [3.8, 4) is 0 Å². The van der Waals surface area contributed by atoms with E-state index >= 15 is 0 Å². The number of amides is 1. The van der Waals surface area contributed by atoms with Gasteiger partial charge in [0.25, 0.3) is 5.91 Å². The zero-order chi connectivity index (χ0) is 23.2. The number of nitrogens with zero attached hydrogens (tertiary/aromatic N) is 3. The molecule has 0 radical (unpaired) electrons. The van der Waals surface area contributed by atoms with E-state index in [0.29, 0.717) is 35.1 Å². The van der Waals surface area contributed by atoms with Crippen molar-refractivity contribution in [2.75, 3.05) is 18.1 Å². The lowest BCUT2D eigenvalue weighted by Gasteiger charge is -2.19. The average molecular weight is 464 g/mol. The first kappa shape index (κ1) is 22.7. The Bertz CT molecular complexity index is 1140. The summed E-state index contributed by atoms with van der Waals surface area (Å²) in [5, 5.41) is 4.55. The van der Waals surface area contributed by atoms with E-state index in [9.17, 15) is 9.59 Å². The van der Waals surface area contributed by atoms with Gasteiger partial charge in [0.15, 0.2) is 16.9 Å². The van der Waals surface area contributed by atoms with E-state index < -0.39 is 5.97 Å². The van der Waals surface area contributed by atoms with Crippen molar-refractivity contribution < 1.29 is 19.2 Å². The highest BCUT2D eigenvalue weighted by molar-refractivity contribution is 7.16. The second-order valence-electron chi connectivity index (χ2n) is 7.56. The summed E-state index contributed by atoms with van der Waals surface area (Å²) in [7, 11) is 0. The number of hydrogen-bond donors (Lipinski definition) is 0. The summed E-state index contributed by atoms with van der Waals surface area (Å²) in [6, 6.07) is 19.6. The predicted molar refractivity (Wildman–Crippen MR) is 128 cm³/mol. The Hall–Kier alpha value is -3.52. The van der Waals surface area contributed by atoms with Gasteiger partial charge >= 0.3 is 5.97 Å². The molecule has 33 heavy (non-hydrogen) atoms. The lowest BCUT2D eigenvalue weighted by molar-refractivity contribution is -0.112. The second kappa shape index (κ2) is 10.4. The molecule has 0 fully saturated rings. The summed E-state index contributed by atoms with van der Waals surface area (Å²) in [4.78, 5) is 38.1. The van der Waals surface area contributed by atoms with E-state index in [0.717, 1.165) is 11.1 Å². The van der Waals surface area contributed by atoms with Crippen LogP contribution < -0.4 is 4.90 Å². The Morgan fingerprint density at radius 3 is 2.52 bits per heavy atom. The number of aromatic nitrogens is 1. The molecule has 1 atom stereocenters. The molecule has 2 heterocycles. The van der Waals surface area contributed by atoms with Gasteiger partial charge in [-0.1, -0.05) is 65.8 Å². The van der Waals surface area contributed by atoms with E-state index in [4.69, 9.17) is 9.57 Å². The third-order valence-corrected chi connectivity index (χ3v) is 6.28. The van der Waals surface area contributed by atoms with Crippen molar-refractivity contribution in [1.82, 2.24) is 4.98 Å². The monoisotopic (exact) mass is 463 g/mol. The molecule has 7 nitrogen and oxygen atoms in total. The molecule has 0 saturated carbocycles. The summed E-state index contributed by atoms with van der Waals surface area (Å²) in [6.45, 7) is 4.20. The molecule has 0 bridgehead atoms. The van der Waals surface area contributed by atoms with Crippen LogP contribution in [0.1, 0.15) is 45.9 Å². The van der Waals surface area contributed by atoms with E-state index in [-0.39, 0.29) is 24.3 Å². The molecule has 170 valence electrons. The normalized spacial score (nSPS) is 15.0. The van der Waals surface area contributed by atoms with Crippen molar-refractivity contribution in [3.63, 3.8) is 0 Å². The zero-order valence-corrected chi connectivity index (χ0v) is 19.4. The Labute approximate surface area is 196 Å². The quantitative estimate of drug-likeness (QED) is 0.452. The molecule has 2 aromatic carbocycles. The van der Waals surface area contributed by atoms with Crippen molar-refractivity contribution in [2.24, 2.45) is 5.16 Å². The highest BCUT2D eigenvalue weighted by atomic mass is 32.1. The van der Waals surface area contributed by atoms with E-state index in [1.54, 1.807) is 18.7 Å². The summed E-state index contributed by atoms with van der Waals surface area (Å²) in [6.07, 6.45) is 0.713. The van der Waals surface area contributed by atoms with Gasteiger partial charge in [-0.25, -0.2) is 9.78 Å². The average Bonchev–Trinajstić information content (AvgIpc) is 3.48. The molecule has 1 unspecified atom stereocenters.